The lowest BCUT2D eigenvalue weighted by Crippen LogP contribution is -2.58. The van der Waals surface area contributed by atoms with Gasteiger partial charge in [0.2, 0.25) is 0 Å². The number of rotatable bonds is 4. The molecule has 1 saturated heterocycles. The van der Waals surface area contributed by atoms with Crippen LogP contribution in [0.5, 0.6) is 0 Å². The van der Waals surface area contributed by atoms with Crippen LogP contribution in [0.4, 0.5) is 0 Å². The molecule has 2 aromatic rings. The van der Waals surface area contributed by atoms with Gasteiger partial charge in [-0.15, -0.1) is 5.06 Å². The van der Waals surface area contributed by atoms with Crippen LogP contribution < -0.4 is 10.6 Å². The number of hydroxylamine groups is 2. The van der Waals surface area contributed by atoms with Crippen LogP contribution in [0, 0.1) is 0 Å². The molecule has 25 heavy (non-hydrogen) atoms. The summed E-state index contributed by atoms with van der Waals surface area (Å²) in [6.45, 7) is 9.03. The van der Waals surface area contributed by atoms with Crippen LogP contribution in [-0.2, 0) is 4.62 Å². The first-order chi connectivity index (χ1) is 11.8. The smallest absolute Gasteiger partial charge is 0.0766 e. The molecule has 4 heteroatoms. The van der Waals surface area contributed by atoms with Gasteiger partial charge in [-0.3, -0.25) is 0 Å². The van der Waals surface area contributed by atoms with Gasteiger partial charge >= 0.3 is 0 Å². The highest BCUT2D eigenvalue weighted by atomic mass is 31.2. The van der Waals surface area contributed by atoms with E-state index in [0.29, 0.717) is 0 Å². The van der Waals surface area contributed by atoms with Gasteiger partial charge in [0.15, 0.2) is 0 Å². The summed E-state index contributed by atoms with van der Waals surface area (Å²) in [7, 11) is 4.58. The van der Waals surface area contributed by atoms with Gasteiger partial charge in [-0.05, 0) is 78.6 Å². The fourth-order valence-corrected chi connectivity index (χ4v) is 6.28. The molecular formula is C21H28BNOP. The Bertz CT molecular complexity index is 647. The Morgan fingerprint density at radius 2 is 1.20 bits per heavy atom. The molecule has 131 valence electrons. The lowest BCUT2D eigenvalue weighted by molar-refractivity contribution is -0.211. The van der Waals surface area contributed by atoms with E-state index in [4.69, 9.17) is 12.2 Å². The van der Waals surface area contributed by atoms with Crippen molar-refractivity contribution in [2.45, 2.75) is 58.0 Å². The zero-order valence-corrected chi connectivity index (χ0v) is 16.7. The van der Waals surface area contributed by atoms with Crippen molar-refractivity contribution in [2.75, 3.05) is 0 Å². The molecule has 0 amide bonds. The minimum atomic E-state index is -2.48. The lowest BCUT2D eigenvalue weighted by Gasteiger charge is -2.53. The first-order valence-electron chi connectivity index (χ1n) is 9.05. The van der Waals surface area contributed by atoms with Crippen molar-refractivity contribution >= 4 is 25.5 Å². The molecule has 1 aliphatic heterocycles. The molecule has 0 aromatic heterocycles. The highest BCUT2D eigenvalue weighted by Crippen LogP contribution is 2.57. The zero-order valence-electron chi connectivity index (χ0n) is 15.8. The number of benzene rings is 2. The summed E-state index contributed by atoms with van der Waals surface area (Å²) in [6.07, 6.45) is 3.44. The van der Waals surface area contributed by atoms with E-state index in [9.17, 15) is 0 Å². The third kappa shape index (κ3) is 3.70. The molecule has 0 spiro atoms. The van der Waals surface area contributed by atoms with Gasteiger partial charge in [0.1, 0.15) is 0 Å². The summed E-state index contributed by atoms with van der Waals surface area (Å²) in [6, 6.07) is 20.5. The van der Waals surface area contributed by atoms with E-state index in [1.807, 2.05) is 36.4 Å². The van der Waals surface area contributed by atoms with Crippen molar-refractivity contribution in [2.24, 2.45) is 0 Å². The van der Waals surface area contributed by atoms with E-state index >= 15 is 0 Å². The average molecular weight is 352 g/mol. The van der Waals surface area contributed by atoms with Crippen molar-refractivity contribution in [1.29, 1.82) is 0 Å². The van der Waals surface area contributed by atoms with E-state index in [0.717, 1.165) is 23.5 Å². The van der Waals surface area contributed by atoms with Gasteiger partial charge in [-0.1, -0.05) is 36.4 Å². The molecular weight excluding hydrogens is 324 g/mol. The quantitative estimate of drug-likeness (QED) is 0.588. The summed E-state index contributed by atoms with van der Waals surface area (Å²) in [5.74, 6) is 0. The predicted molar refractivity (Wildman–Crippen MR) is 110 cm³/mol. The number of piperidine rings is 1. The van der Waals surface area contributed by atoms with Gasteiger partial charge in [-0.25, -0.2) is 7.57 Å². The highest BCUT2D eigenvalue weighted by Gasteiger charge is 2.46. The van der Waals surface area contributed by atoms with Gasteiger partial charge in [0.25, 0.3) is 0 Å². The van der Waals surface area contributed by atoms with Crippen molar-refractivity contribution in [3.05, 3.63) is 60.7 Å². The molecule has 0 saturated carbocycles. The van der Waals surface area contributed by atoms with Crippen LogP contribution in [0.2, 0.25) is 0 Å². The monoisotopic (exact) mass is 352 g/mol. The number of hydrogen-bond donors (Lipinski definition) is 0. The SMILES string of the molecule is [B-][P+](ON1C(C)(C)CCCC1(C)C)(c1ccccc1)c1ccccc1. The van der Waals surface area contributed by atoms with Crippen molar-refractivity contribution in [3.63, 3.8) is 0 Å². The summed E-state index contributed by atoms with van der Waals surface area (Å²) in [4.78, 5) is 0. The molecule has 2 nitrogen and oxygen atoms in total. The molecule has 1 aliphatic rings. The summed E-state index contributed by atoms with van der Waals surface area (Å²) < 4.78 is 6.80. The second kappa shape index (κ2) is 6.87. The Morgan fingerprint density at radius 3 is 1.60 bits per heavy atom. The van der Waals surface area contributed by atoms with E-state index in [1.165, 1.54) is 6.42 Å². The fourth-order valence-electron chi connectivity index (χ4n) is 3.87. The molecule has 2 aromatic carbocycles. The maximum atomic E-state index is 7.06. The van der Waals surface area contributed by atoms with E-state index in [-0.39, 0.29) is 11.1 Å². The second-order valence-electron chi connectivity index (χ2n) is 8.18. The van der Waals surface area contributed by atoms with Crippen molar-refractivity contribution < 1.29 is 4.62 Å². The Balaban J connectivity index is 2.07. The largest absolute Gasteiger partial charge is 0.246 e. The number of hydrogen-bond acceptors (Lipinski definition) is 2. The number of nitrogens with zero attached hydrogens (tertiary/aromatic N) is 1. The first kappa shape index (κ1) is 18.6. The fraction of sp³-hybridized carbons (Fsp3) is 0.429. The van der Waals surface area contributed by atoms with Crippen LogP contribution in [0.3, 0.4) is 0 Å². The zero-order chi connectivity index (χ0) is 18.1. The van der Waals surface area contributed by atoms with Crippen LogP contribution in [0.15, 0.2) is 60.7 Å². The third-order valence-electron chi connectivity index (χ3n) is 5.17. The van der Waals surface area contributed by atoms with Crippen molar-refractivity contribution in [1.82, 2.24) is 5.06 Å². The molecule has 0 aliphatic carbocycles. The van der Waals surface area contributed by atoms with E-state index in [2.05, 4.69) is 57.0 Å². The Labute approximate surface area is 154 Å². The van der Waals surface area contributed by atoms with Crippen LogP contribution in [0.1, 0.15) is 47.0 Å². The predicted octanol–water partition coefficient (Wildman–Crippen LogP) is 4.63. The Hall–Kier alpha value is -1.15. The average Bonchev–Trinajstić information content (AvgIpc) is 2.59. The molecule has 0 bridgehead atoms. The molecule has 0 N–H and O–H groups in total. The standard InChI is InChI=1S/C21H28BNOP/c1-20(2)16-11-17-21(3,4)23(20)24-25(22,18-12-7-5-8-13-18)19-14-9-6-10-15-19/h5-10,12-15H,11,16-17H2,1-4H3. The van der Waals surface area contributed by atoms with Gasteiger partial charge in [0, 0.05) is 11.1 Å². The van der Waals surface area contributed by atoms with Crippen LogP contribution >= 0.6 is 7.37 Å². The maximum Gasteiger partial charge on any atom is 0.0766 e. The Kier molecular flexibility index (Phi) is 5.12. The highest BCUT2D eigenvalue weighted by molar-refractivity contribution is 8.04. The van der Waals surface area contributed by atoms with E-state index in [1.54, 1.807) is 0 Å². The first-order valence-corrected chi connectivity index (χ1v) is 10.8. The lowest BCUT2D eigenvalue weighted by atomic mass is 9.82. The summed E-state index contributed by atoms with van der Waals surface area (Å²) in [5.41, 5.74) is -0.0914. The molecule has 0 atom stereocenters. The summed E-state index contributed by atoms with van der Waals surface area (Å²) >= 11 is 0. The molecule has 0 unspecified atom stereocenters. The topological polar surface area (TPSA) is 12.5 Å². The van der Waals surface area contributed by atoms with Gasteiger partial charge in [0.05, 0.1) is 10.6 Å². The molecule has 3 rings (SSSR count). The minimum absolute atomic E-state index is 0.0457. The van der Waals surface area contributed by atoms with E-state index < -0.39 is 7.37 Å². The molecule has 1 fully saturated rings. The minimum Gasteiger partial charge on any atom is -0.246 e. The maximum absolute atomic E-state index is 7.06. The second-order valence-corrected chi connectivity index (χ2v) is 10.7. The van der Waals surface area contributed by atoms with Crippen LogP contribution in [-0.4, -0.2) is 23.7 Å². The molecule has 3 radical (unpaired) electrons. The van der Waals surface area contributed by atoms with Gasteiger partial charge < -0.3 is 0 Å². The normalized spacial score (nSPS) is 20.4. The van der Waals surface area contributed by atoms with Crippen LogP contribution in [0.25, 0.3) is 0 Å². The van der Waals surface area contributed by atoms with Gasteiger partial charge in [-0.2, -0.15) is 4.62 Å². The third-order valence-corrected chi connectivity index (χ3v) is 7.72. The summed E-state index contributed by atoms with van der Waals surface area (Å²) in [5, 5.41) is 4.33. The van der Waals surface area contributed by atoms with Crippen molar-refractivity contribution in [3.8, 4) is 0 Å². The molecule has 1 heterocycles. The Morgan fingerprint density at radius 1 is 0.800 bits per heavy atom.